The summed E-state index contributed by atoms with van der Waals surface area (Å²) in [7, 11) is 0. The average molecular weight is 311 g/mol. The molecular formula is C13H15BrN2O2. The summed E-state index contributed by atoms with van der Waals surface area (Å²) in [5.74, 6) is -0.303. The fourth-order valence-corrected chi connectivity index (χ4v) is 2.26. The molecule has 1 aromatic rings. The van der Waals surface area contributed by atoms with Gasteiger partial charge in [0.1, 0.15) is 0 Å². The standard InChI is InChI=1S/C13H15BrN2O2/c1-2-18-13(17)9-5-8-6-10(14)3-4-11(8)16-12(15)7-9/h3-6,12,16H,2,7,15H2,1H3. The smallest absolute Gasteiger partial charge is 0.334 e. The summed E-state index contributed by atoms with van der Waals surface area (Å²) >= 11 is 3.41. The van der Waals surface area contributed by atoms with Gasteiger partial charge in [-0.2, -0.15) is 0 Å². The maximum absolute atomic E-state index is 11.8. The second kappa shape index (κ2) is 5.54. The highest BCUT2D eigenvalue weighted by Crippen LogP contribution is 2.28. The molecule has 3 N–H and O–H groups in total. The molecule has 1 heterocycles. The number of carbonyl (C=O) groups is 1. The summed E-state index contributed by atoms with van der Waals surface area (Å²) in [6, 6.07) is 5.81. The number of hydrogen-bond donors (Lipinski definition) is 2. The minimum absolute atomic E-state index is 0.289. The van der Waals surface area contributed by atoms with E-state index < -0.39 is 0 Å². The van der Waals surface area contributed by atoms with Gasteiger partial charge in [-0.25, -0.2) is 4.79 Å². The molecule has 0 aromatic heterocycles. The first-order valence-corrected chi connectivity index (χ1v) is 6.59. The average Bonchev–Trinajstić information content (AvgIpc) is 2.47. The van der Waals surface area contributed by atoms with Gasteiger partial charge in [-0.1, -0.05) is 15.9 Å². The quantitative estimate of drug-likeness (QED) is 0.824. The van der Waals surface area contributed by atoms with Gasteiger partial charge >= 0.3 is 5.97 Å². The van der Waals surface area contributed by atoms with E-state index >= 15 is 0 Å². The number of nitrogens with two attached hydrogens (primary N) is 1. The lowest BCUT2D eigenvalue weighted by atomic mass is 10.1. The van der Waals surface area contributed by atoms with Crippen LogP contribution in [0.25, 0.3) is 6.08 Å². The van der Waals surface area contributed by atoms with Gasteiger partial charge < -0.3 is 15.8 Å². The van der Waals surface area contributed by atoms with E-state index in [2.05, 4.69) is 21.2 Å². The molecule has 0 saturated carbocycles. The van der Waals surface area contributed by atoms with Gasteiger partial charge in [-0.3, -0.25) is 0 Å². The van der Waals surface area contributed by atoms with Gasteiger partial charge in [-0.05, 0) is 36.8 Å². The van der Waals surface area contributed by atoms with Crippen LogP contribution in [0.15, 0.2) is 28.2 Å². The molecule has 0 aliphatic carbocycles. The molecular weight excluding hydrogens is 296 g/mol. The van der Waals surface area contributed by atoms with Crippen LogP contribution in [0.1, 0.15) is 18.9 Å². The van der Waals surface area contributed by atoms with E-state index in [1.165, 1.54) is 0 Å². The van der Waals surface area contributed by atoms with Gasteiger partial charge in [0.2, 0.25) is 0 Å². The summed E-state index contributed by atoms with van der Waals surface area (Å²) in [6.07, 6.45) is 1.99. The second-order valence-corrected chi connectivity index (χ2v) is 4.99. The first-order chi connectivity index (χ1) is 8.60. The summed E-state index contributed by atoms with van der Waals surface area (Å²) in [5.41, 5.74) is 8.38. The maximum atomic E-state index is 11.8. The van der Waals surface area contributed by atoms with Crippen molar-refractivity contribution in [3.05, 3.63) is 33.8 Å². The number of hydrogen-bond acceptors (Lipinski definition) is 4. The summed E-state index contributed by atoms with van der Waals surface area (Å²) < 4.78 is 5.98. The molecule has 1 aliphatic heterocycles. The van der Waals surface area contributed by atoms with Crippen molar-refractivity contribution in [2.24, 2.45) is 5.73 Å². The molecule has 5 heteroatoms. The van der Waals surface area contributed by atoms with Crippen LogP contribution in [-0.2, 0) is 9.53 Å². The molecule has 0 fully saturated rings. The normalized spacial score (nSPS) is 18.2. The Labute approximate surface area is 114 Å². The minimum atomic E-state index is -0.303. The number of benzene rings is 1. The number of anilines is 1. The molecule has 0 saturated heterocycles. The zero-order chi connectivity index (χ0) is 13.1. The molecule has 2 rings (SSSR count). The highest BCUT2D eigenvalue weighted by Gasteiger charge is 2.19. The third-order valence-electron chi connectivity index (χ3n) is 2.66. The third-order valence-corrected chi connectivity index (χ3v) is 3.15. The maximum Gasteiger partial charge on any atom is 0.334 e. The molecule has 0 bridgehead atoms. The van der Waals surface area contributed by atoms with Gasteiger partial charge in [0.05, 0.1) is 12.8 Å². The minimum Gasteiger partial charge on any atom is -0.463 e. The molecule has 1 aromatic carbocycles. The van der Waals surface area contributed by atoms with Crippen molar-refractivity contribution in [3.8, 4) is 0 Å². The zero-order valence-electron chi connectivity index (χ0n) is 10.1. The van der Waals surface area contributed by atoms with Gasteiger partial charge in [0, 0.05) is 22.2 Å². The molecule has 1 atom stereocenters. The van der Waals surface area contributed by atoms with Crippen LogP contribution in [0, 0.1) is 0 Å². The number of carbonyl (C=O) groups excluding carboxylic acids is 1. The van der Waals surface area contributed by atoms with E-state index in [0.717, 1.165) is 15.7 Å². The first-order valence-electron chi connectivity index (χ1n) is 5.79. The molecule has 0 amide bonds. The summed E-state index contributed by atoms with van der Waals surface area (Å²) in [5, 5.41) is 3.17. The Hall–Kier alpha value is -1.33. The van der Waals surface area contributed by atoms with Crippen molar-refractivity contribution >= 4 is 33.7 Å². The van der Waals surface area contributed by atoms with Crippen molar-refractivity contribution in [1.29, 1.82) is 0 Å². The highest BCUT2D eigenvalue weighted by molar-refractivity contribution is 9.10. The van der Waals surface area contributed by atoms with Crippen LogP contribution >= 0.6 is 15.9 Å². The Kier molecular flexibility index (Phi) is 4.04. The Morgan fingerprint density at radius 2 is 2.39 bits per heavy atom. The number of esters is 1. The van der Waals surface area contributed by atoms with Crippen molar-refractivity contribution in [3.63, 3.8) is 0 Å². The van der Waals surface area contributed by atoms with E-state index in [0.29, 0.717) is 18.6 Å². The van der Waals surface area contributed by atoms with E-state index in [1.807, 2.05) is 24.3 Å². The molecule has 1 unspecified atom stereocenters. The lowest BCUT2D eigenvalue weighted by Crippen LogP contribution is -2.30. The van der Waals surface area contributed by atoms with Crippen LogP contribution in [-0.4, -0.2) is 18.7 Å². The number of rotatable bonds is 2. The van der Waals surface area contributed by atoms with E-state index in [1.54, 1.807) is 6.92 Å². The molecule has 96 valence electrons. The van der Waals surface area contributed by atoms with Crippen molar-refractivity contribution in [2.45, 2.75) is 19.5 Å². The van der Waals surface area contributed by atoms with E-state index in [4.69, 9.17) is 10.5 Å². The molecule has 0 spiro atoms. The van der Waals surface area contributed by atoms with Crippen LogP contribution in [0.4, 0.5) is 5.69 Å². The third kappa shape index (κ3) is 2.91. The Bertz CT molecular complexity index is 500. The van der Waals surface area contributed by atoms with Crippen LogP contribution in [0.3, 0.4) is 0 Å². The lowest BCUT2D eigenvalue weighted by molar-refractivity contribution is -0.138. The van der Waals surface area contributed by atoms with Crippen molar-refractivity contribution in [2.75, 3.05) is 11.9 Å². The predicted octanol–water partition coefficient (Wildman–Crippen LogP) is 2.50. The van der Waals surface area contributed by atoms with Gasteiger partial charge in [0.25, 0.3) is 0 Å². The van der Waals surface area contributed by atoms with Crippen LogP contribution < -0.4 is 11.1 Å². The second-order valence-electron chi connectivity index (χ2n) is 4.08. The van der Waals surface area contributed by atoms with Crippen LogP contribution in [0.5, 0.6) is 0 Å². The van der Waals surface area contributed by atoms with Crippen molar-refractivity contribution < 1.29 is 9.53 Å². The van der Waals surface area contributed by atoms with E-state index in [9.17, 15) is 4.79 Å². The molecule has 0 radical (unpaired) electrons. The number of fused-ring (bicyclic) bond motifs is 1. The molecule has 18 heavy (non-hydrogen) atoms. The van der Waals surface area contributed by atoms with Crippen LogP contribution in [0.2, 0.25) is 0 Å². The van der Waals surface area contributed by atoms with Gasteiger partial charge in [0.15, 0.2) is 0 Å². The monoisotopic (exact) mass is 310 g/mol. The number of nitrogens with one attached hydrogen (secondary N) is 1. The summed E-state index contributed by atoms with van der Waals surface area (Å²) in [4.78, 5) is 11.8. The van der Waals surface area contributed by atoms with E-state index in [-0.39, 0.29) is 12.1 Å². The highest BCUT2D eigenvalue weighted by atomic mass is 79.9. The fourth-order valence-electron chi connectivity index (χ4n) is 1.88. The summed E-state index contributed by atoms with van der Waals surface area (Å²) in [6.45, 7) is 2.15. The van der Waals surface area contributed by atoms with Crippen molar-refractivity contribution in [1.82, 2.24) is 0 Å². The predicted molar refractivity (Wildman–Crippen MR) is 75.0 cm³/mol. The zero-order valence-corrected chi connectivity index (χ0v) is 11.7. The molecule has 4 nitrogen and oxygen atoms in total. The number of halogens is 1. The Morgan fingerprint density at radius 3 is 3.11 bits per heavy atom. The Morgan fingerprint density at radius 1 is 1.61 bits per heavy atom. The SMILES string of the molecule is CCOC(=O)C1=Cc2cc(Br)ccc2NC(N)C1. The Balaban J connectivity index is 2.39. The topological polar surface area (TPSA) is 64.3 Å². The fraction of sp³-hybridized carbons (Fsp3) is 0.308. The number of ether oxygens (including phenoxy) is 1. The van der Waals surface area contributed by atoms with Gasteiger partial charge in [-0.15, -0.1) is 0 Å². The molecule has 1 aliphatic rings. The lowest BCUT2D eigenvalue weighted by Gasteiger charge is -2.14. The first kappa shape index (κ1) is 13.1. The largest absolute Gasteiger partial charge is 0.463 e.